The van der Waals surface area contributed by atoms with Crippen molar-refractivity contribution in [1.82, 2.24) is 0 Å². The van der Waals surface area contributed by atoms with E-state index in [9.17, 15) is 32.6 Å². The predicted octanol–water partition coefficient (Wildman–Crippen LogP) is 7.36. The Bertz CT molecular complexity index is 1060. The first-order valence-corrected chi connectivity index (χ1v) is 12.4. The second-order valence-electron chi connectivity index (χ2n) is 11.9. The van der Waals surface area contributed by atoms with Crippen molar-refractivity contribution < 1.29 is 32.6 Å². The van der Waals surface area contributed by atoms with Crippen molar-refractivity contribution in [3.63, 3.8) is 0 Å². The monoisotopic (exact) mass is 527 g/mol. The maximum Gasteiger partial charge on any atom is 0.154 e. The Morgan fingerprint density at radius 1 is 0.784 bits per heavy atom. The number of hydrogen-bond acceptors (Lipinski definition) is 4. The number of carbonyl (C=O) groups excluding carboxylic acids is 1. The first-order valence-electron chi connectivity index (χ1n) is 12.4. The zero-order chi connectivity index (χ0) is 28.7. The summed E-state index contributed by atoms with van der Waals surface area (Å²) in [5.41, 5.74) is 4.66. The largest absolute Gasteiger partial charge is 0.394 e. The first-order chi connectivity index (χ1) is 16.8. The lowest BCUT2D eigenvalue weighted by Gasteiger charge is -2.21. The number of aliphatic hydroxyl groups is 2. The number of halogens is 4. The Hall–Kier alpha value is -2.45. The summed E-state index contributed by atoms with van der Waals surface area (Å²) in [6, 6.07) is 4.68. The summed E-state index contributed by atoms with van der Waals surface area (Å²) in [5, 5.41) is 19.9. The van der Waals surface area contributed by atoms with Gasteiger partial charge in [0.2, 0.25) is 0 Å². The van der Waals surface area contributed by atoms with E-state index >= 15 is 0 Å². The summed E-state index contributed by atoms with van der Waals surface area (Å²) in [6.45, 7) is 13.5. The third kappa shape index (κ3) is 10.8. The molecule has 0 saturated heterocycles. The van der Waals surface area contributed by atoms with Crippen molar-refractivity contribution in [1.29, 1.82) is 0 Å². The highest BCUT2D eigenvalue weighted by molar-refractivity contribution is 5.78. The molecule has 0 radical (unpaired) electrons. The number of benzene rings is 2. The molecule has 0 fully saturated rings. The molecule has 0 aliphatic rings. The van der Waals surface area contributed by atoms with E-state index in [-0.39, 0.29) is 39.7 Å². The molecular formula is C29H41F4NO3. The minimum absolute atomic E-state index is 0.0275. The van der Waals surface area contributed by atoms with Crippen LogP contribution in [0.25, 0.3) is 0 Å². The fourth-order valence-electron chi connectivity index (χ4n) is 3.58. The van der Waals surface area contributed by atoms with Crippen LogP contribution >= 0.6 is 0 Å². The Balaban J connectivity index is 0.000000375. The number of rotatable bonds is 8. The summed E-state index contributed by atoms with van der Waals surface area (Å²) >= 11 is 0. The minimum atomic E-state index is -0.986. The maximum absolute atomic E-state index is 14.2. The Morgan fingerprint density at radius 2 is 1.19 bits per heavy atom. The van der Waals surface area contributed by atoms with E-state index in [0.717, 1.165) is 18.6 Å². The summed E-state index contributed by atoms with van der Waals surface area (Å²) in [7, 11) is 0. The standard InChI is InChI=1S/C16H22F2O2.C13H19F2NO/c1-10(19)9-12-13(17)6-5-11(15(12)18)14(20)7-8-16(2,3)4;1-13(2,3)7-6-10(17)8-4-5-9(14)12(16)11(8)15/h5-6,14,20H,7-9H2,1-4H3;4-5,10,17H,6-7,16H2,1-3H3/t14-;10-/m00/s1. The smallest absolute Gasteiger partial charge is 0.154 e. The molecule has 0 aromatic heterocycles. The van der Waals surface area contributed by atoms with E-state index < -0.39 is 41.2 Å². The van der Waals surface area contributed by atoms with Gasteiger partial charge in [-0.1, -0.05) is 53.7 Å². The van der Waals surface area contributed by atoms with Gasteiger partial charge in [-0.3, -0.25) is 4.79 Å². The van der Waals surface area contributed by atoms with Crippen LogP contribution in [0.2, 0.25) is 0 Å². The number of hydrogen-bond donors (Lipinski definition) is 3. The molecule has 2 aromatic carbocycles. The van der Waals surface area contributed by atoms with Gasteiger partial charge in [0.25, 0.3) is 0 Å². The van der Waals surface area contributed by atoms with Gasteiger partial charge >= 0.3 is 0 Å². The van der Waals surface area contributed by atoms with Crippen molar-refractivity contribution in [3.8, 4) is 0 Å². The third-order valence-corrected chi connectivity index (χ3v) is 5.85. The SMILES string of the molecule is CC(=O)Cc1c(F)ccc([C@@H](O)CCC(C)(C)C)c1F.CC(C)(C)CC[C@H](O)c1ccc(F)c(N)c1F. The zero-order valence-electron chi connectivity index (χ0n) is 22.9. The average Bonchev–Trinajstić information content (AvgIpc) is 2.76. The molecule has 208 valence electrons. The molecule has 0 aliphatic carbocycles. The molecule has 0 unspecified atom stereocenters. The highest BCUT2D eigenvalue weighted by Gasteiger charge is 2.22. The number of Topliss-reactive ketones (excluding diaryl/α,β-unsaturated/α-hetero) is 1. The van der Waals surface area contributed by atoms with Gasteiger partial charge in [-0.25, -0.2) is 17.6 Å². The minimum Gasteiger partial charge on any atom is -0.394 e. The van der Waals surface area contributed by atoms with Crippen LogP contribution in [-0.4, -0.2) is 16.0 Å². The molecule has 0 spiro atoms. The van der Waals surface area contributed by atoms with E-state index in [4.69, 9.17) is 5.73 Å². The van der Waals surface area contributed by atoms with Crippen LogP contribution in [0.3, 0.4) is 0 Å². The van der Waals surface area contributed by atoms with Crippen molar-refractivity contribution >= 4 is 11.5 Å². The summed E-state index contributed by atoms with van der Waals surface area (Å²) < 4.78 is 54.3. The highest BCUT2D eigenvalue weighted by Crippen LogP contribution is 2.32. The number of ketones is 1. The topological polar surface area (TPSA) is 83.5 Å². The molecule has 2 atom stereocenters. The van der Waals surface area contributed by atoms with Gasteiger partial charge in [0.05, 0.1) is 12.2 Å². The third-order valence-electron chi connectivity index (χ3n) is 5.85. The lowest BCUT2D eigenvalue weighted by Crippen LogP contribution is -2.11. The fraction of sp³-hybridized carbons (Fsp3) is 0.552. The highest BCUT2D eigenvalue weighted by atomic mass is 19.1. The Morgan fingerprint density at radius 3 is 1.59 bits per heavy atom. The zero-order valence-corrected chi connectivity index (χ0v) is 22.9. The molecular weight excluding hydrogens is 486 g/mol. The van der Waals surface area contributed by atoms with Gasteiger partial charge in [-0.05, 0) is 55.6 Å². The van der Waals surface area contributed by atoms with Gasteiger partial charge in [0, 0.05) is 23.1 Å². The number of nitrogens with two attached hydrogens (primary N) is 1. The molecule has 0 heterocycles. The number of aliphatic hydroxyl groups excluding tert-OH is 2. The molecule has 2 rings (SSSR count). The van der Waals surface area contributed by atoms with Gasteiger partial charge < -0.3 is 15.9 Å². The summed E-state index contributed by atoms with van der Waals surface area (Å²) in [6.07, 6.45) is 0.0459. The van der Waals surface area contributed by atoms with Gasteiger partial charge in [-0.2, -0.15) is 0 Å². The fourth-order valence-corrected chi connectivity index (χ4v) is 3.58. The molecule has 0 aliphatic heterocycles. The second kappa shape index (κ2) is 13.4. The number of carbonyl (C=O) groups is 1. The normalized spacial score (nSPS) is 13.5. The van der Waals surface area contributed by atoms with Gasteiger partial charge in [0.15, 0.2) is 5.82 Å². The van der Waals surface area contributed by atoms with Crippen molar-refractivity contribution in [2.24, 2.45) is 10.8 Å². The Kier molecular flexibility index (Phi) is 11.8. The molecule has 8 heteroatoms. The molecule has 2 aromatic rings. The quantitative estimate of drug-likeness (QED) is 0.247. The van der Waals surface area contributed by atoms with Crippen LogP contribution in [0.15, 0.2) is 24.3 Å². The van der Waals surface area contributed by atoms with E-state index in [1.54, 1.807) is 0 Å². The summed E-state index contributed by atoms with van der Waals surface area (Å²) in [4.78, 5) is 11.1. The molecule has 0 saturated carbocycles. The maximum atomic E-state index is 14.2. The summed E-state index contributed by atoms with van der Waals surface area (Å²) in [5.74, 6) is -3.52. The molecule has 4 nitrogen and oxygen atoms in total. The lowest BCUT2D eigenvalue weighted by molar-refractivity contribution is -0.116. The van der Waals surface area contributed by atoms with Crippen LogP contribution in [0.5, 0.6) is 0 Å². The molecule has 4 N–H and O–H groups in total. The van der Waals surface area contributed by atoms with Crippen LogP contribution in [0.1, 0.15) is 103 Å². The first kappa shape index (κ1) is 32.6. The molecule has 37 heavy (non-hydrogen) atoms. The Labute approximate surface area is 217 Å². The van der Waals surface area contributed by atoms with Crippen molar-refractivity contribution in [3.05, 3.63) is 64.2 Å². The number of anilines is 1. The van der Waals surface area contributed by atoms with Crippen molar-refractivity contribution in [2.45, 2.75) is 92.8 Å². The van der Waals surface area contributed by atoms with Crippen LogP contribution in [0.4, 0.5) is 23.2 Å². The predicted molar refractivity (Wildman–Crippen MR) is 139 cm³/mol. The van der Waals surface area contributed by atoms with Crippen LogP contribution in [0, 0.1) is 34.1 Å². The van der Waals surface area contributed by atoms with Crippen LogP contribution < -0.4 is 5.73 Å². The van der Waals surface area contributed by atoms with Crippen LogP contribution in [-0.2, 0) is 11.2 Å². The van der Waals surface area contributed by atoms with E-state index in [0.29, 0.717) is 19.3 Å². The van der Waals surface area contributed by atoms with Gasteiger partial charge in [0.1, 0.15) is 28.9 Å². The molecule has 0 bridgehead atoms. The van der Waals surface area contributed by atoms with Crippen molar-refractivity contribution in [2.75, 3.05) is 5.73 Å². The van der Waals surface area contributed by atoms with E-state index in [1.807, 2.05) is 41.5 Å². The van der Waals surface area contributed by atoms with Gasteiger partial charge in [-0.15, -0.1) is 0 Å². The van der Waals surface area contributed by atoms with E-state index in [1.165, 1.54) is 19.1 Å². The molecule has 0 amide bonds. The second-order valence-corrected chi connectivity index (χ2v) is 11.9. The number of nitrogen functional groups attached to an aromatic ring is 1. The lowest BCUT2D eigenvalue weighted by atomic mass is 9.87. The average molecular weight is 528 g/mol. The van der Waals surface area contributed by atoms with E-state index in [2.05, 4.69) is 0 Å².